The molecular formula is C36H57N3O7. The minimum atomic E-state index is -1.73. The van der Waals surface area contributed by atoms with E-state index in [2.05, 4.69) is 17.6 Å². The van der Waals surface area contributed by atoms with Crippen LogP contribution in [0.4, 0.5) is 10.5 Å². The van der Waals surface area contributed by atoms with Gasteiger partial charge in [0.05, 0.1) is 25.0 Å². The van der Waals surface area contributed by atoms with Crippen molar-refractivity contribution in [3.05, 3.63) is 23.8 Å². The van der Waals surface area contributed by atoms with Gasteiger partial charge in [0.25, 0.3) is 11.8 Å². The van der Waals surface area contributed by atoms with Crippen LogP contribution in [0.15, 0.2) is 18.2 Å². The normalized spacial score (nSPS) is 15.0. The molecule has 1 saturated heterocycles. The van der Waals surface area contributed by atoms with E-state index < -0.39 is 46.6 Å². The third kappa shape index (κ3) is 11.7. The molecule has 1 unspecified atom stereocenters. The molecule has 4 amide bonds. The maximum atomic E-state index is 13.6. The average molecular weight is 644 g/mol. The van der Waals surface area contributed by atoms with Gasteiger partial charge in [-0.25, -0.2) is 14.5 Å². The molecule has 1 aromatic carbocycles. The molecule has 1 aliphatic heterocycles. The summed E-state index contributed by atoms with van der Waals surface area (Å²) in [6.07, 6.45) is 17.3. The van der Waals surface area contributed by atoms with Crippen molar-refractivity contribution in [3.8, 4) is 5.75 Å². The number of nitrogens with zero attached hydrogens (tertiary/aromatic N) is 1. The minimum absolute atomic E-state index is 0.108. The van der Waals surface area contributed by atoms with Gasteiger partial charge in [-0.3, -0.25) is 14.4 Å². The Morgan fingerprint density at radius 1 is 0.870 bits per heavy atom. The third-order valence-corrected chi connectivity index (χ3v) is 8.31. The van der Waals surface area contributed by atoms with Crippen molar-refractivity contribution >= 4 is 35.3 Å². The summed E-state index contributed by atoms with van der Waals surface area (Å²) in [5, 5.41) is 5.13. The fraction of sp³-hybridized carbons (Fsp3) is 0.694. The summed E-state index contributed by atoms with van der Waals surface area (Å²) in [5.74, 6) is -2.52. The summed E-state index contributed by atoms with van der Waals surface area (Å²) in [5.41, 5.74) is -2.02. The Kier molecular flexibility index (Phi) is 15.7. The number of ether oxygens (including phenoxy) is 2. The third-order valence-electron chi connectivity index (χ3n) is 8.31. The van der Waals surface area contributed by atoms with Crippen LogP contribution in [0.25, 0.3) is 0 Å². The van der Waals surface area contributed by atoms with E-state index in [1.807, 2.05) is 0 Å². The number of Topliss-reactive ketones (excluding diaryl/α,β-unsaturated/α-hetero) is 1. The van der Waals surface area contributed by atoms with Crippen LogP contribution in [-0.4, -0.2) is 59.8 Å². The zero-order valence-electron chi connectivity index (χ0n) is 29.2. The van der Waals surface area contributed by atoms with Gasteiger partial charge in [0, 0.05) is 5.41 Å². The van der Waals surface area contributed by atoms with Crippen LogP contribution < -0.4 is 15.4 Å². The highest BCUT2D eigenvalue weighted by molar-refractivity contribution is 6.20. The molecular weight excluding hydrogens is 586 g/mol. The van der Waals surface area contributed by atoms with E-state index in [9.17, 15) is 24.0 Å². The Morgan fingerprint density at radius 2 is 1.39 bits per heavy atom. The van der Waals surface area contributed by atoms with Gasteiger partial charge in [-0.15, -0.1) is 0 Å². The summed E-state index contributed by atoms with van der Waals surface area (Å²) in [6, 6.07) is 1.88. The molecule has 258 valence electrons. The van der Waals surface area contributed by atoms with Gasteiger partial charge in [-0.1, -0.05) is 111 Å². The number of amides is 4. The number of nitrogens with one attached hydrogen (secondary N) is 2. The average Bonchev–Trinajstić information content (AvgIpc) is 3.20. The number of unbranched alkanes of at least 4 members (excludes halogenated alkanes) is 13. The zero-order valence-corrected chi connectivity index (χ0v) is 29.2. The number of carbonyl (C=O) groups excluding carboxylic acids is 5. The molecule has 2 rings (SSSR count). The first-order valence-corrected chi connectivity index (χ1v) is 17.1. The summed E-state index contributed by atoms with van der Waals surface area (Å²) in [6.45, 7) is 10.4. The van der Waals surface area contributed by atoms with E-state index in [-0.39, 0.29) is 23.6 Å². The fourth-order valence-electron chi connectivity index (χ4n) is 5.45. The van der Waals surface area contributed by atoms with Crippen LogP contribution in [0.5, 0.6) is 5.75 Å². The van der Waals surface area contributed by atoms with E-state index >= 15 is 0 Å². The van der Waals surface area contributed by atoms with Crippen molar-refractivity contribution in [2.75, 3.05) is 19.0 Å². The standard InChI is InChI=1S/C36H57N3O7/c1-8-9-10-11-12-13-14-15-16-17-18-19-20-21-24-46-32(42)26-22-23-28(45-7)27(25-26)37-31(41)29(30(40)35(2,3)4)39-33(43)36(5,6)38-34(39)44/h22-23,25,29H,8-21,24H2,1-7H3,(H,37,41)(H,38,44). The Labute approximate surface area is 275 Å². The number of hydrogen-bond donors (Lipinski definition) is 2. The van der Waals surface area contributed by atoms with Crippen LogP contribution >= 0.6 is 0 Å². The van der Waals surface area contributed by atoms with Crippen LogP contribution in [0.3, 0.4) is 0 Å². The van der Waals surface area contributed by atoms with Crippen LogP contribution in [0.1, 0.15) is 142 Å². The molecule has 46 heavy (non-hydrogen) atoms. The van der Waals surface area contributed by atoms with Crippen molar-refractivity contribution < 1.29 is 33.4 Å². The van der Waals surface area contributed by atoms with E-state index in [4.69, 9.17) is 9.47 Å². The van der Waals surface area contributed by atoms with Crippen molar-refractivity contribution in [3.63, 3.8) is 0 Å². The molecule has 0 aromatic heterocycles. The van der Waals surface area contributed by atoms with Gasteiger partial charge in [-0.2, -0.15) is 0 Å². The number of ketones is 1. The maximum absolute atomic E-state index is 13.6. The van der Waals surface area contributed by atoms with Gasteiger partial charge >= 0.3 is 12.0 Å². The first kappa shape index (κ1) is 38.8. The molecule has 0 aliphatic carbocycles. The van der Waals surface area contributed by atoms with Crippen molar-refractivity contribution in [1.82, 2.24) is 10.2 Å². The molecule has 10 nitrogen and oxygen atoms in total. The number of imide groups is 1. The second-order valence-electron chi connectivity index (χ2n) is 13.9. The molecule has 0 bridgehead atoms. The highest BCUT2D eigenvalue weighted by Gasteiger charge is 2.53. The van der Waals surface area contributed by atoms with E-state index in [1.165, 1.54) is 110 Å². The molecule has 0 radical (unpaired) electrons. The maximum Gasteiger partial charge on any atom is 0.338 e. The largest absolute Gasteiger partial charge is 0.495 e. The summed E-state index contributed by atoms with van der Waals surface area (Å²) >= 11 is 0. The molecule has 2 N–H and O–H groups in total. The molecule has 1 fully saturated rings. The lowest BCUT2D eigenvalue weighted by atomic mass is 9.85. The van der Waals surface area contributed by atoms with Gasteiger partial charge in [0.1, 0.15) is 11.3 Å². The van der Waals surface area contributed by atoms with Crippen LogP contribution in [0, 0.1) is 5.41 Å². The lowest BCUT2D eigenvalue weighted by molar-refractivity contribution is -0.144. The number of rotatable bonds is 21. The first-order valence-electron chi connectivity index (χ1n) is 17.1. The van der Waals surface area contributed by atoms with E-state index in [0.29, 0.717) is 4.90 Å². The minimum Gasteiger partial charge on any atom is -0.495 e. The first-order chi connectivity index (χ1) is 21.7. The SMILES string of the molecule is CCCCCCCCCCCCCCCCOC(=O)c1ccc(OC)c(NC(=O)C(C(=O)C(C)(C)C)N2C(=O)NC(C)(C)C2=O)c1. The number of esters is 1. The monoisotopic (exact) mass is 643 g/mol. The predicted octanol–water partition coefficient (Wildman–Crippen LogP) is 7.59. The van der Waals surface area contributed by atoms with Crippen molar-refractivity contribution in [2.24, 2.45) is 5.41 Å². The van der Waals surface area contributed by atoms with Crippen molar-refractivity contribution in [2.45, 2.75) is 143 Å². The molecule has 1 aliphatic rings. The number of anilines is 1. The predicted molar refractivity (Wildman–Crippen MR) is 180 cm³/mol. The fourth-order valence-corrected chi connectivity index (χ4v) is 5.45. The van der Waals surface area contributed by atoms with E-state index in [0.717, 1.165) is 19.3 Å². The Bertz CT molecular complexity index is 1190. The summed E-state index contributed by atoms with van der Waals surface area (Å²) in [7, 11) is 1.40. The number of benzene rings is 1. The van der Waals surface area contributed by atoms with Gasteiger partial charge in [-0.05, 0) is 38.5 Å². The second kappa shape index (κ2) is 18.6. The molecule has 1 atom stereocenters. The Hall–Kier alpha value is -3.43. The van der Waals surface area contributed by atoms with Crippen LogP contribution in [0.2, 0.25) is 0 Å². The number of carbonyl (C=O) groups is 5. The Morgan fingerprint density at radius 3 is 1.85 bits per heavy atom. The number of methoxy groups -OCH3 is 1. The molecule has 0 saturated carbocycles. The highest BCUT2D eigenvalue weighted by Crippen LogP contribution is 2.30. The molecule has 0 spiro atoms. The lowest BCUT2D eigenvalue weighted by Crippen LogP contribution is -2.55. The molecule has 1 heterocycles. The summed E-state index contributed by atoms with van der Waals surface area (Å²) < 4.78 is 10.8. The van der Waals surface area contributed by atoms with Crippen molar-refractivity contribution in [1.29, 1.82) is 0 Å². The quantitative estimate of drug-likeness (QED) is 0.0611. The van der Waals surface area contributed by atoms with E-state index in [1.54, 1.807) is 20.8 Å². The summed E-state index contributed by atoms with van der Waals surface area (Å²) in [4.78, 5) is 66.3. The lowest BCUT2D eigenvalue weighted by Gasteiger charge is -2.29. The number of urea groups is 1. The smallest absolute Gasteiger partial charge is 0.338 e. The number of hydrogen-bond acceptors (Lipinski definition) is 7. The molecule has 1 aromatic rings. The zero-order chi connectivity index (χ0) is 34.3. The molecule has 10 heteroatoms. The highest BCUT2D eigenvalue weighted by atomic mass is 16.5. The van der Waals surface area contributed by atoms with Gasteiger partial charge in [0.15, 0.2) is 11.8 Å². The Balaban J connectivity index is 1.89. The topological polar surface area (TPSA) is 131 Å². The van der Waals surface area contributed by atoms with Crippen LogP contribution in [-0.2, 0) is 19.1 Å². The van der Waals surface area contributed by atoms with Gasteiger partial charge in [0.2, 0.25) is 0 Å². The second-order valence-corrected chi connectivity index (χ2v) is 13.9. The van der Waals surface area contributed by atoms with Gasteiger partial charge < -0.3 is 20.1 Å².